The summed E-state index contributed by atoms with van der Waals surface area (Å²) in [7, 11) is 3.17. The fraction of sp³-hybridized carbons (Fsp3) is 0.500. The van der Waals surface area contributed by atoms with E-state index in [1.807, 2.05) is 12.1 Å². The minimum Gasteiger partial charge on any atom is -0.497 e. The number of methoxy groups -OCH3 is 2. The van der Waals surface area contributed by atoms with Crippen molar-refractivity contribution >= 4 is 5.97 Å². The molecule has 1 saturated heterocycles. The molecule has 1 aromatic rings. The van der Waals surface area contributed by atoms with Gasteiger partial charge in [0.25, 0.3) is 0 Å². The van der Waals surface area contributed by atoms with Crippen LogP contribution < -0.4 is 14.8 Å². The van der Waals surface area contributed by atoms with Gasteiger partial charge in [0.05, 0.1) is 26.4 Å². The Kier molecular flexibility index (Phi) is 4.46. The van der Waals surface area contributed by atoms with Crippen LogP contribution in [0, 0.1) is 0 Å². The van der Waals surface area contributed by atoms with Gasteiger partial charge in [-0.15, -0.1) is 0 Å². The molecule has 1 aliphatic heterocycles. The van der Waals surface area contributed by atoms with E-state index in [1.54, 1.807) is 27.2 Å². The number of carbonyl (C=O) groups is 1. The molecule has 0 aliphatic carbocycles. The predicted molar refractivity (Wildman–Crippen MR) is 72.3 cm³/mol. The van der Waals surface area contributed by atoms with Crippen LogP contribution in [0.15, 0.2) is 18.2 Å². The molecule has 3 unspecified atom stereocenters. The van der Waals surface area contributed by atoms with Gasteiger partial charge in [-0.25, -0.2) is 0 Å². The third-order valence-electron chi connectivity index (χ3n) is 3.43. The van der Waals surface area contributed by atoms with Crippen LogP contribution in [0.4, 0.5) is 0 Å². The molecule has 1 fully saturated rings. The van der Waals surface area contributed by atoms with E-state index in [0.29, 0.717) is 18.0 Å². The Morgan fingerprint density at radius 3 is 2.70 bits per heavy atom. The zero-order chi connectivity index (χ0) is 14.7. The molecule has 0 saturated carbocycles. The molecule has 2 rings (SSSR count). The van der Waals surface area contributed by atoms with Gasteiger partial charge in [-0.05, 0) is 19.1 Å². The summed E-state index contributed by atoms with van der Waals surface area (Å²) in [6.07, 6.45) is -0.667. The summed E-state index contributed by atoms with van der Waals surface area (Å²) in [4.78, 5) is 11.0. The number of aliphatic carboxylic acids is 1. The van der Waals surface area contributed by atoms with E-state index < -0.39 is 18.1 Å². The summed E-state index contributed by atoms with van der Waals surface area (Å²) in [5, 5.41) is 12.0. The third-order valence-corrected chi connectivity index (χ3v) is 3.43. The van der Waals surface area contributed by atoms with Crippen molar-refractivity contribution in [1.29, 1.82) is 0 Å². The fourth-order valence-corrected chi connectivity index (χ4v) is 2.34. The smallest absolute Gasteiger partial charge is 0.323 e. The Hall–Kier alpha value is -1.79. The second-order valence-electron chi connectivity index (χ2n) is 4.66. The van der Waals surface area contributed by atoms with Gasteiger partial charge < -0.3 is 19.3 Å². The second kappa shape index (κ2) is 6.11. The predicted octanol–water partition coefficient (Wildman–Crippen LogP) is 1.21. The lowest BCUT2D eigenvalue weighted by atomic mass is 10.0. The summed E-state index contributed by atoms with van der Waals surface area (Å²) in [6.45, 7) is 2.16. The molecule has 0 amide bonds. The van der Waals surface area contributed by atoms with Crippen LogP contribution in [0.5, 0.6) is 11.5 Å². The van der Waals surface area contributed by atoms with Crippen LogP contribution in [0.25, 0.3) is 0 Å². The number of rotatable bonds is 4. The SMILES string of the molecule is COc1ccc(C2CNC(C(=O)O)C(C)O2)c(OC)c1. The molecule has 110 valence electrons. The molecule has 1 heterocycles. The van der Waals surface area contributed by atoms with Gasteiger partial charge in [0.2, 0.25) is 0 Å². The third kappa shape index (κ3) is 2.86. The van der Waals surface area contributed by atoms with Gasteiger partial charge in [-0.3, -0.25) is 10.1 Å². The van der Waals surface area contributed by atoms with Crippen molar-refractivity contribution in [3.05, 3.63) is 23.8 Å². The van der Waals surface area contributed by atoms with E-state index in [-0.39, 0.29) is 6.10 Å². The lowest BCUT2D eigenvalue weighted by Gasteiger charge is -2.34. The molecular formula is C14H19NO5. The highest BCUT2D eigenvalue weighted by molar-refractivity contribution is 5.74. The van der Waals surface area contributed by atoms with Crippen LogP contribution in [-0.2, 0) is 9.53 Å². The average molecular weight is 281 g/mol. The fourth-order valence-electron chi connectivity index (χ4n) is 2.34. The molecule has 20 heavy (non-hydrogen) atoms. The molecule has 0 bridgehead atoms. The lowest BCUT2D eigenvalue weighted by Crippen LogP contribution is -2.52. The zero-order valence-corrected chi connectivity index (χ0v) is 11.8. The highest BCUT2D eigenvalue weighted by Gasteiger charge is 2.34. The minimum atomic E-state index is -0.905. The largest absolute Gasteiger partial charge is 0.497 e. The Morgan fingerprint density at radius 2 is 2.15 bits per heavy atom. The number of hydrogen-bond donors (Lipinski definition) is 2. The summed E-state index contributed by atoms with van der Waals surface area (Å²) in [5.74, 6) is 0.459. The normalized spacial score (nSPS) is 26.1. The number of hydrogen-bond acceptors (Lipinski definition) is 5. The number of nitrogens with one attached hydrogen (secondary N) is 1. The topological polar surface area (TPSA) is 77.0 Å². The van der Waals surface area contributed by atoms with Crippen LogP contribution in [0.2, 0.25) is 0 Å². The molecule has 6 nitrogen and oxygen atoms in total. The van der Waals surface area contributed by atoms with Gasteiger partial charge in [-0.2, -0.15) is 0 Å². The number of carboxylic acids is 1. The van der Waals surface area contributed by atoms with E-state index in [1.165, 1.54) is 0 Å². The van der Waals surface area contributed by atoms with E-state index in [0.717, 1.165) is 5.56 Å². The second-order valence-corrected chi connectivity index (χ2v) is 4.66. The molecule has 6 heteroatoms. The van der Waals surface area contributed by atoms with Crippen molar-refractivity contribution < 1.29 is 24.1 Å². The van der Waals surface area contributed by atoms with E-state index in [9.17, 15) is 4.79 Å². The Morgan fingerprint density at radius 1 is 1.40 bits per heavy atom. The van der Waals surface area contributed by atoms with Gasteiger partial charge in [0.1, 0.15) is 17.5 Å². The molecule has 1 aliphatic rings. The van der Waals surface area contributed by atoms with Crippen molar-refractivity contribution in [3.63, 3.8) is 0 Å². The highest BCUT2D eigenvalue weighted by atomic mass is 16.5. The molecule has 1 aromatic carbocycles. The van der Waals surface area contributed by atoms with Gasteiger partial charge in [0, 0.05) is 18.2 Å². The Labute approximate surface area is 117 Å². The van der Waals surface area contributed by atoms with Crippen LogP contribution in [0.1, 0.15) is 18.6 Å². The zero-order valence-electron chi connectivity index (χ0n) is 11.8. The number of ether oxygens (including phenoxy) is 3. The first kappa shape index (κ1) is 14.6. The Balaban J connectivity index is 2.19. The number of benzene rings is 1. The highest BCUT2D eigenvalue weighted by Crippen LogP contribution is 2.33. The van der Waals surface area contributed by atoms with Crippen molar-refractivity contribution in [2.24, 2.45) is 0 Å². The molecule has 0 spiro atoms. The quantitative estimate of drug-likeness (QED) is 0.863. The molecule has 0 aromatic heterocycles. The van der Waals surface area contributed by atoms with Crippen molar-refractivity contribution in [2.45, 2.75) is 25.2 Å². The minimum absolute atomic E-state index is 0.249. The van der Waals surface area contributed by atoms with Crippen LogP contribution in [-0.4, -0.2) is 44.0 Å². The van der Waals surface area contributed by atoms with Crippen molar-refractivity contribution in [1.82, 2.24) is 5.32 Å². The Bertz CT molecular complexity index is 490. The first-order valence-electron chi connectivity index (χ1n) is 6.40. The summed E-state index contributed by atoms with van der Waals surface area (Å²) < 4.78 is 16.3. The maximum atomic E-state index is 11.0. The van der Waals surface area contributed by atoms with Crippen molar-refractivity contribution in [3.8, 4) is 11.5 Å². The van der Waals surface area contributed by atoms with Crippen LogP contribution >= 0.6 is 0 Å². The van der Waals surface area contributed by atoms with Gasteiger partial charge in [0.15, 0.2) is 0 Å². The van der Waals surface area contributed by atoms with E-state index in [4.69, 9.17) is 19.3 Å². The average Bonchev–Trinajstić information content (AvgIpc) is 2.46. The van der Waals surface area contributed by atoms with Crippen molar-refractivity contribution in [2.75, 3.05) is 20.8 Å². The van der Waals surface area contributed by atoms with Crippen LogP contribution in [0.3, 0.4) is 0 Å². The maximum Gasteiger partial charge on any atom is 0.323 e. The summed E-state index contributed by atoms with van der Waals surface area (Å²) in [5.41, 5.74) is 0.872. The number of carboxylic acid groups (broad SMARTS) is 1. The lowest BCUT2D eigenvalue weighted by molar-refractivity contribution is -0.149. The molecule has 3 atom stereocenters. The van der Waals surface area contributed by atoms with E-state index >= 15 is 0 Å². The summed E-state index contributed by atoms with van der Waals surface area (Å²) >= 11 is 0. The standard InChI is InChI=1S/C14H19NO5/c1-8-13(14(16)17)15-7-12(20-8)10-5-4-9(18-2)6-11(10)19-3/h4-6,8,12-13,15H,7H2,1-3H3,(H,16,17). The molecular weight excluding hydrogens is 262 g/mol. The molecule has 2 N–H and O–H groups in total. The van der Waals surface area contributed by atoms with Gasteiger partial charge in [-0.1, -0.05) is 0 Å². The first-order chi connectivity index (χ1) is 9.56. The first-order valence-corrected chi connectivity index (χ1v) is 6.40. The molecule has 0 radical (unpaired) electrons. The van der Waals surface area contributed by atoms with Gasteiger partial charge >= 0.3 is 5.97 Å². The van der Waals surface area contributed by atoms with E-state index in [2.05, 4.69) is 5.32 Å². The number of morpholine rings is 1. The monoisotopic (exact) mass is 281 g/mol. The summed E-state index contributed by atoms with van der Waals surface area (Å²) in [6, 6.07) is 4.80. The maximum absolute atomic E-state index is 11.0.